The van der Waals surface area contributed by atoms with Crippen molar-refractivity contribution in [3.63, 3.8) is 0 Å². The Kier molecular flexibility index (Phi) is 4.10. The van der Waals surface area contributed by atoms with Crippen molar-refractivity contribution in [2.24, 2.45) is 4.99 Å². The normalized spacial score (nSPS) is 25.3. The fourth-order valence-electron chi connectivity index (χ4n) is 2.83. The number of allylic oxidation sites excluding steroid dienone is 4. The summed E-state index contributed by atoms with van der Waals surface area (Å²) in [4.78, 5) is 18.2. The van der Waals surface area contributed by atoms with Gasteiger partial charge >= 0.3 is 0 Å². The molecule has 1 heterocycles. The number of aliphatic imine (C=N–C) groups is 1. The highest BCUT2D eigenvalue weighted by Crippen LogP contribution is 2.24. The summed E-state index contributed by atoms with van der Waals surface area (Å²) in [5.41, 5.74) is 2.19. The fraction of sp³-hybridized carbons (Fsp3) is 0.438. The first-order valence-corrected chi connectivity index (χ1v) is 7.73. The van der Waals surface area contributed by atoms with Gasteiger partial charge in [0.15, 0.2) is 0 Å². The van der Waals surface area contributed by atoms with Crippen molar-refractivity contribution in [1.82, 2.24) is 4.90 Å². The molecule has 0 saturated heterocycles. The van der Waals surface area contributed by atoms with Crippen molar-refractivity contribution in [3.05, 3.63) is 35.5 Å². The first kappa shape index (κ1) is 14.3. The van der Waals surface area contributed by atoms with Gasteiger partial charge in [0.1, 0.15) is 6.17 Å². The molecule has 0 aromatic rings. The number of halogens is 1. The van der Waals surface area contributed by atoms with Crippen LogP contribution in [0.15, 0.2) is 40.4 Å². The average Bonchev–Trinajstić information content (AvgIpc) is 2.49. The number of thiocarbonyl (C=S) groups is 1. The van der Waals surface area contributed by atoms with E-state index in [1.54, 1.807) is 0 Å². The second-order valence-corrected chi connectivity index (χ2v) is 5.84. The standard InChI is InChI=1S/C16H17FN2OS/c17-12-6-7-14-13(10-12)15(20)19(16(21)18-14)9-8-11-4-2-1-3-5-11/h4,6-7,10,12H,1-3,5,8-9H2. The van der Waals surface area contributed by atoms with Gasteiger partial charge in [-0.1, -0.05) is 11.6 Å². The Labute approximate surface area is 128 Å². The average molecular weight is 304 g/mol. The van der Waals surface area contributed by atoms with Crippen molar-refractivity contribution in [2.75, 3.05) is 6.54 Å². The molecule has 3 aliphatic rings. The second-order valence-electron chi connectivity index (χ2n) is 5.48. The number of hydrogen-bond donors (Lipinski definition) is 0. The van der Waals surface area contributed by atoms with Crippen LogP contribution in [0, 0.1) is 0 Å². The van der Waals surface area contributed by atoms with Crippen LogP contribution in [0.5, 0.6) is 0 Å². The molecular formula is C16H17FN2OS. The minimum absolute atomic E-state index is 0.228. The number of alkyl halides is 1. The van der Waals surface area contributed by atoms with Crippen LogP contribution >= 0.6 is 12.2 Å². The number of amides is 1. The zero-order valence-electron chi connectivity index (χ0n) is 11.7. The molecule has 0 radical (unpaired) electrons. The third kappa shape index (κ3) is 3.02. The van der Waals surface area contributed by atoms with Gasteiger partial charge in [0.2, 0.25) is 5.11 Å². The molecule has 21 heavy (non-hydrogen) atoms. The highest BCUT2D eigenvalue weighted by molar-refractivity contribution is 7.80. The van der Waals surface area contributed by atoms with E-state index >= 15 is 0 Å². The maximum atomic E-state index is 13.4. The molecule has 2 aliphatic carbocycles. The lowest BCUT2D eigenvalue weighted by molar-refractivity contribution is -0.123. The number of carbonyl (C=O) groups is 1. The van der Waals surface area contributed by atoms with E-state index in [4.69, 9.17) is 12.2 Å². The Balaban J connectivity index is 1.74. The second kappa shape index (κ2) is 6.02. The van der Waals surface area contributed by atoms with Gasteiger partial charge in [0, 0.05) is 6.54 Å². The lowest BCUT2D eigenvalue weighted by Crippen LogP contribution is -2.43. The summed E-state index contributed by atoms with van der Waals surface area (Å²) in [5.74, 6) is -0.228. The molecule has 0 aromatic carbocycles. The van der Waals surface area contributed by atoms with E-state index in [1.807, 2.05) is 0 Å². The van der Waals surface area contributed by atoms with Crippen molar-refractivity contribution >= 4 is 28.9 Å². The zero-order chi connectivity index (χ0) is 14.8. The maximum Gasteiger partial charge on any atom is 0.262 e. The largest absolute Gasteiger partial charge is 0.283 e. The molecule has 0 saturated carbocycles. The third-order valence-corrected chi connectivity index (χ3v) is 4.32. The first-order chi connectivity index (χ1) is 10.1. The van der Waals surface area contributed by atoms with E-state index < -0.39 is 6.17 Å². The summed E-state index contributed by atoms with van der Waals surface area (Å²) in [6.45, 7) is 0.526. The van der Waals surface area contributed by atoms with Crippen molar-refractivity contribution in [1.29, 1.82) is 0 Å². The van der Waals surface area contributed by atoms with E-state index in [0.29, 0.717) is 17.8 Å². The minimum atomic E-state index is -1.22. The number of carbonyl (C=O) groups excluding carboxylic acids is 1. The van der Waals surface area contributed by atoms with Gasteiger partial charge in [-0.05, 0) is 62.6 Å². The van der Waals surface area contributed by atoms with E-state index in [1.165, 1.54) is 41.5 Å². The Morgan fingerprint density at radius 1 is 1.43 bits per heavy atom. The summed E-state index contributed by atoms with van der Waals surface area (Å²) >= 11 is 5.21. The highest BCUT2D eigenvalue weighted by atomic mass is 32.1. The van der Waals surface area contributed by atoms with Gasteiger partial charge in [0.05, 0.1) is 11.3 Å². The Morgan fingerprint density at radius 2 is 2.29 bits per heavy atom. The fourth-order valence-corrected chi connectivity index (χ4v) is 3.10. The molecule has 0 aromatic heterocycles. The molecule has 1 amide bonds. The Morgan fingerprint density at radius 3 is 3.05 bits per heavy atom. The molecule has 0 bridgehead atoms. The van der Waals surface area contributed by atoms with Crippen LogP contribution in [0.4, 0.5) is 4.39 Å². The zero-order valence-corrected chi connectivity index (χ0v) is 12.5. The molecule has 1 unspecified atom stereocenters. The van der Waals surface area contributed by atoms with E-state index in [2.05, 4.69) is 11.1 Å². The molecule has 110 valence electrons. The summed E-state index contributed by atoms with van der Waals surface area (Å²) in [6.07, 6.45) is 10.8. The van der Waals surface area contributed by atoms with Crippen LogP contribution < -0.4 is 0 Å². The molecule has 5 heteroatoms. The van der Waals surface area contributed by atoms with Crippen molar-refractivity contribution in [2.45, 2.75) is 38.3 Å². The van der Waals surface area contributed by atoms with Gasteiger partial charge in [-0.3, -0.25) is 9.69 Å². The number of hydrogen-bond acceptors (Lipinski definition) is 2. The molecule has 3 rings (SSSR count). The summed E-state index contributed by atoms with van der Waals surface area (Å²) in [7, 11) is 0. The summed E-state index contributed by atoms with van der Waals surface area (Å²) in [6, 6.07) is 0. The van der Waals surface area contributed by atoms with Crippen LogP contribution in [0.1, 0.15) is 32.1 Å². The van der Waals surface area contributed by atoms with Crippen LogP contribution in [-0.2, 0) is 4.79 Å². The molecule has 1 atom stereocenters. The lowest BCUT2D eigenvalue weighted by atomic mass is 9.96. The predicted molar refractivity (Wildman–Crippen MR) is 85.0 cm³/mol. The number of rotatable bonds is 3. The molecular weight excluding hydrogens is 287 g/mol. The van der Waals surface area contributed by atoms with Crippen LogP contribution in [0.25, 0.3) is 0 Å². The maximum absolute atomic E-state index is 13.4. The van der Waals surface area contributed by atoms with E-state index in [0.717, 1.165) is 19.3 Å². The molecule has 1 aliphatic heterocycles. The Bertz CT molecular complexity index is 603. The smallest absolute Gasteiger partial charge is 0.262 e. The first-order valence-electron chi connectivity index (χ1n) is 7.32. The van der Waals surface area contributed by atoms with Crippen LogP contribution in [-0.4, -0.2) is 34.3 Å². The van der Waals surface area contributed by atoms with Gasteiger partial charge in [-0.25, -0.2) is 9.38 Å². The van der Waals surface area contributed by atoms with Gasteiger partial charge < -0.3 is 0 Å². The summed E-state index contributed by atoms with van der Waals surface area (Å²) in [5, 5.41) is 0.283. The molecule has 0 spiro atoms. The summed E-state index contributed by atoms with van der Waals surface area (Å²) < 4.78 is 13.4. The minimum Gasteiger partial charge on any atom is -0.283 e. The van der Waals surface area contributed by atoms with Gasteiger partial charge in [-0.15, -0.1) is 0 Å². The lowest BCUT2D eigenvalue weighted by Gasteiger charge is -2.28. The SMILES string of the molecule is O=C1C2=CC(F)C=CC2=NC(=S)N1CCC1=CCCCC1. The van der Waals surface area contributed by atoms with Crippen molar-refractivity contribution in [3.8, 4) is 0 Å². The van der Waals surface area contributed by atoms with Gasteiger partial charge in [0.25, 0.3) is 5.91 Å². The monoisotopic (exact) mass is 304 g/mol. The van der Waals surface area contributed by atoms with Crippen LogP contribution in [0.2, 0.25) is 0 Å². The van der Waals surface area contributed by atoms with Crippen LogP contribution in [0.3, 0.4) is 0 Å². The Hall–Kier alpha value is -1.62. The van der Waals surface area contributed by atoms with Crippen molar-refractivity contribution < 1.29 is 9.18 Å². The molecule has 0 fully saturated rings. The quantitative estimate of drug-likeness (QED) is 0.592. The third-order valence-electron chi connectivity index (χ3n) is 4.00. The number of nitrogens with zero attached hydrogens (tertiary/aromatic N) is 2. The topological polar surface area (TPSA) is 32.7 Å². The predicted octanol–water partition coefficient (Wildman–Crippen LogP) is 3.28. The van der Waals surface area contributed by atoms with E-state index in [9.17, 15) is 9.18 Å². The molecule has 3 nitrogen and oxygen atoms in total. The van der Waals surface area contributed by atoms with Gasteiger partial charge in [-0.2, -0.15) is 0 Å². The molecule has 0 N–H and O–H groups in total. The number of fused-ring (bicyclic) bond motifs is 1. The van der Waals surface area contributed by atoms with E-state index in [-0.39, 0.29) is 11.0 Å². The highest BCUT2D eigenvalue weighted by Gasteiger charge is 2.31.